The molecule has 0 aromatic carbocycles. The fourth-order valence-corrected chi connectivity index (χ4v) is 3.01. The number of piperidine rings is 1. The Bertz CT molecular complexity index is 470. The molecule has 1 saturated heterocycles. The molecule has 0 N–H and O–H groups in total. The van der Waals surface area contributed by atoms with E-state index in [1.54, 1.807) is 13.3 Å². The third-order valence-corrected chi connectivity index (χ3v) is 4.07. The van der Waals surface area contributed by atoms with Gasteiger partial charge >= 0.3 is 5.97 Å². The maximum Gasteiger partial charge on any atom is 0.315 e. The van der Waals surface area contributed by atoms with Gasteiger partial charge in [0.15, 0.2) is 0 Å². The molecule has 6 heteroatoms. The molecule has 1 aliphatic heterocycles. The van der Waals surface area contributed by atoms with Crippen LogP contribution in [0.4, 0.5) is 0 Å². The quantitative estimate of drug-likeness (QED) is 0.738. The van der Waals surface area contributed by atoms with E-state index in [-0.39, 0.29) is 5.97 Å². The molecule has 0 amide bonds. The summed E-state index contributed by atoms with van der Waals surface area (Å²) < 4.78 is 12.6. The van der Waals surface area contributed by atoms with Crippen LogP contribution in [0.1, 0.15) is 25.6 Å². The van der Waals surface area contributed by atoms with Gasteiger partial charge in [-0.3, -0.25) is 9.69 Å². The number of carbonyl (C=O) groups is 1. The van der Waals surface area contributed by atoms with Crippen molar-refractivity contribution in [3.63, 3.8) is 0 Å². The van der Waals surface area contributed by atoms with Gasteiger partial charge in [0.2, 0.25) is 0 Å². The second kappa shape index (κ2) is 7.04. The summed E-state index contributed by atoms with van der Waals surface area (Å²) in [5.41, 5.74) is -0.547. The summed E-state index contributed by atoms with van der Waals surface area (Å²) in [6.45, 7) is 5.03. The van der Waals surface area contributed by atoms with Gasteiger partial charge in [-0.1, -0.05) is 0 Å². The van der Waals surface area contributed by atoms with Crippen LogP contribution >= 0.6 is 0 Å². The van der Waals surface area contributed by atoms with E-state index in [0.717, 1.165) is 31.8 Å². The Hall–Kier alpha value is -1.40. The number of methoxy groups -OCH3 is 1. The number of hydrogen-bond acceptors (Lipinski definition) is 5. The van der Waals surface area contributed by atoms with Crippen LogP contribution in [0.5, 0.6) is 0 Å². The second-order valence-electron chi connectivity index (χ2n) is 5.70. The number of carbonyl (C=O) groups excluding carboxylic acids is 1. The van der Waals surface area contributed by atoms with E-state index in [9.17, 15) is 4.79 Å². The van der Waals surface area contributed by atoms with Crippen molar-refractivity contribution in [3.8, 4) is 0 Å². The molecule has 1 fully saturated rings. The van der Waals surface area contributed by atoms with Gasteiger partial charge in [0.05, 0.1) is 19.8 Å². The van der Waals surface area contributed by atoms with Crippen molar-refractivity contribution in [1.29, 1.82) is 0 Å². The summed E-state index contributed by atoms with van der Waals surface area (Å²) in [4.78, 5) is 19.0. The topological polar surface area (TPSA) is 56.6 Å². The van der Waals surface area contributed by atoms with Crippen molar-refractivity contribution < 1.29 is 14.3 Å². The van der Waals surface area contributed by atoms with Gasteiger partial charge in [-0.15, -0.1) is 0 Å². The van der Waals surface area contributed by atoms with E-state index in [0.29, 0.717) is 19.8 Å². The van der Waals surface area contributed by atoms with Crippen molar-refractivity contribution >= 4 is 5.97 Å². The zero-order valence-electron chi connectivity index (χ0n) is 13.2. The van der Waals surface area contributed by atoms with Crippen LogP contribution in [0.25, 0.3) is 0 Å². The average molecular weight is 295 g/mol. The van der Waals surface area contributed by atoms with Crippen LogP contribution in [-0.4, -0.2) is 53.8 Å². The number of hydrogen-bond donors (Lipinski definition) is 0. The first-order valence-corrected chi connectivity index (χ1v) is 7.46. The molecule has 1 aromatic heterocycles. The Morgan fingerprint density at radius 1 is 1.52 bits per heavy atom. The first-order valence-electron chi connectivity index (χ1n) is 7.46. The average Bonchev–Trinajstić information content (AvgIpc) is 2.85. The minimum Gasteiger partial charge on any atom is -0.465 e. The highest BCUT2D eigenvalue weighted by Gasteiger charge is 2.43. The minimum absolute atomic E-state index is 0.142. The summed E-state index contributed by atoms with van der Waals surface area (Å²) in [5.74, 6) is 0.864. The van der Waals surface area contributed by atoms with Crippen LogP contribution in [0.15, 0.2) is 12.4 Å². The summed E-state index contributed by atoms with van der Waals surface area (Å²) in [5, 5.41) is 0. The van der Waals surface area contributed by atoms with E-state index in [2.05, 4.69) is 9.88 Å². The zero-order chi connectivity index (χ0) is 15.3. The largest absolute Gasteiger partial charge is 0.465 e. The van der Waals surface area contributed by atoms with Crippen molar-refractivity contribution in [2.24, 2.45) is 12.5 Å². The predicted octanol–water partition coefficient (Wildman–Crippen LogP) is 1.21. The molecule has 1 atom stereocenters. The Balaban J connectivity index is 2.09. The number of imidazole rings is 1. The fraction of sp³-hybridized carbons (Fsp3) is 0.733. The molecule has 0 bridgehead atoms. The Kier molecular flexibility index (Phi) is 5.36. The van der Waals surface area contributed by atoms with E-state index < -0.39 is 5.41 Å². The lowest BCUT2D eigenvalue weighted by Gasteiger charge is -2.40. The maximum atomic E-state index is 12.4. The monoisotopic (exact) mass is 295 g/mol. The summed E-state index contributed by atoms with van der Waals surface area (Å²) in [6.07, 6.45) is 5.52. The summed E-state index contributed by atoms with van der Waals surface area (Å²) in [7, 11) is 3.62. The lowest BCUT2D eigenvalue weighted by atomic mass is 9.80. The number of rotatable bonds is 6. The lowest BCUT2D eigenvalue weighted by Crippen LogP contribution is -2.50. The molecule has 118 valence electrons. The van der Waals surface area contributed by atoms with E-state index in [1.165, 1.54) is 0 Å². The van der Waals surface area contributed by atoms with Crippen LogP contribution in [0.2, 0.25) is 0 Å². The number of ether oxygens (including phenoxy) is 2. The lowest BCUT2D eigenvalue weighted by molar-refractivity contribution is -0.163. The predicted molar refractivity (Wildman–Crippen MR) is 78.7 cm³/mol. The minimum atomic E-state index is -0.547. The number of esters is 1. The molecule has 1 aromatic rings. The van der Waals surface area contributed by atoms with Crippen LogP contribution in [0, 0.1) is 5.41 Å². The molecule has 0 saturated carbocycles. The second-order valence-corrected chi connectivity index (χ2v) is 5.70. The van der Waals surface area contributed by atoms with Crippen LogP contribution in [0.3, 0.4) is 0 Å². The summed E-state index contributed by atoms with van der Waals surface area (Å²) >= 11 is 0. The highest BCUT2D eigenvalue weighted by molar-refractivity contribution is 5.77. The van der Waals surface area contributed by atoms with Gasteiger partial charge in [-0.05, 0) is 26.3 Å². The standard InChI is InChI=1S/C15H25N3O3/c1-4-21-14(19)15(12-20-3)6-5-8-18(11-15)10-13-16-7-9-17(13)2/h7,9H,4-6,8,10-12H2,1-3H3/t15-/m1/s1. The SMILES string of the molecule is CCOC(=O)[C@]1(COC)CCCN(Cc2nccn2C)C1. The zero-order valence-corrected chi connectivity index (χ0v) is 13.2. The number of aryl methyl sites for hydroxylation is 1. The first-order chi connectivity index (χ1) is 10.1. The van der Waals surface area contributed by atoms with E-state index in [1.807, 2.05) is 24.7 Å². The van der Waals surface area contributed by atoms with Crippen molar-refractivity contribution in [2.45, 2.75) is 26.3 Å². The van der Waals surface area contributed by atoms with Gasteiger partial charge < -0.3 is 14.0 Å². The molecule has 1 aliphatic rings. The van der Waals surface area contributed by atoms with Gasteiger partial charge in [-0.2, -0.15) is 0 Å². The maximum absolute atomic E-state index is 12.4. The third kappa shape index (κ3) is 3.63. The number of aromatic nitrogens is 2. The smallest absolute Gasteiger partial charge is 0.315 e. The molecule has 0 unspecified atom stereocenters. The van der Waals surface area contributed by atoms with Crippen molar-refractivity contribution in [3.05, 3.63) is 18.2 Å². The molecular weight excluding hydrogens is 270 g/mol. The van der Waals surface area contributed by atoms with Crippen molar-refractivity contribution in [2.75, 3.05) is 33.4 Å². The fourth-order valence-electron chi connectivity index (χ4n) is 3.01. The van der Waals surface area contributed by atoms with E-state index >= 15 is 0 Å². The molecule has 2 rings (SSSR count). The molecule has 6 nitrogen and oxygen atoms in total. The molecular formula is C15H25N3O3. The van der Waals surface area contributed by atoms with Crippen LogP contribution < -0.4 is 0 Å². The number of nitrogens with zero attached hydrogens (tertiary/aromatic N) is 3. The highest BCUT2D eigenvalue weighted by atomic mass is 16.5. The molecule has 0 radical (unpaired) electrons. The summed E-state index contributed by atoms with van der Waals surface area (Å²) in [6, 6.07) is 0. The number of likely N-dealkylation sites (tertiary alicyclic amines) is 1. The Morgan fingerprint density at radius 3 is 2.95 bits per heavy atom. The normalized spacial score (nSPS) is 23.2. The van der Waals surface area contributed by atoms with Gasteiger partial charge in [0.25, 0.3) is 0 Å². The van der Waals surface area contributed by atoms with Crippen molar-refractivity contribution in [1.82, 2.24) is 14.5 Å². The van der Waals surface area contributed by atoms with Crippen LogP contribution in [-0.2, 0) is 27.9 Å². The third-order valence-electron chi connectivity index (χ3n) is 4.07. The molecule has 0 spiro atoms. The molecule has 0 aliphatic carbocycles. The Morgan fingerprint density at radius 2 is 2.33 bits per heavy atom. The van der Waals surface area contributed by atoms with Gasteiger partial charge in [0, 0.05) is 33.1 Å². The van der Waals surface area contributed by atoms with Gasteiger partial charge in [0.1, 0.15) is 11.2 Å². The molecule has 21 heavy (non-hydrogen) atoms. The Labute approximate surface area is 126 Å². The van der Waals surface area contributed by atoms with E-state index in [4.69, 9.17) is 9.47 Å². The highest BCUT2D eigenvalue weighted by Crippen LogP contribution is 2.32. The molecule has 2 heterocycles. The van der Waals surface area contributed by atoms with Gasteiger partial charge in [-0.25, -0.2) is 4.98 Å². The first kappa shape index (κ1) is 16.0.